The summed E-state index contributed by atoms with van der Waals surface area (Å²) >= 11 is 0. The molecule has 0 aliphatic heterocycles. The van der Waals surface area contributed by atoms with E-state index in [9.17, 15) is 60.3 Å². The number of carbonyl (C=O) groups is 3. The van der Waals surface area contributed by atoms with Gasteiger partial charge >= 0.3 is 23.1 Å². The first kappa shape index (κ1) is 73.7. The molecule has 0 rings (SSSR count). The third kappa shape index (κ3) is 61.7. The number of aliphatic hydroxyl groups is 6. The Morgan fingerprint density at radius 1 is 0.551 bits per heavy atom. The maximum Gasteiger partial charge on any atom is 2.00 e. The molecule has 386 valence electrons. The normalized spacial score (nSPS) is 15.8. The first-order valence-electron chi connectivity index (χ1n) is 23.4. The molecule has 0 saturated heterocycles. The predicted molar refractivity (Wildman–Crippen MR) is 274 cm³/mol. The van der Waals surface area contributed by atoms with Gasteiger partial charge in [-0.25, -0.2) is 0 Å². The zero-order valence-electron chi connectivity index (χ0n) is 41.6. The molecule has 0 aromatic rings. The quantitative estimate of drug-likeness (QED) is 0.0162. The third-order valence-corrected chi connectivity index (χ3v) is 8.54. The van der Waals surface area contributed by atoms with Gasteiger partial charge in [0.1, 0.15) is 0 Å². The van der Waals surface area contributed by atoms with Gasteiger partial charge in [-0.05, 0) is 70.6 Å². The molecule has 0 aromatic heterocycles. The standard InChI is InChI=1S/C22H32O5.C22H34O3.C7H14NO2.C3H6NO2.Mg/c1-2-3-9-14-19(23)15-10-6-4-5-7-11-16-20(24)21(25)17-12-8-13-18-22(26)27;1-3-5-7-14-18-21(24)22(25)19-15-11-9-8-10-13-17-20(23)16-12-6-4-2;1-6(7(9)10)4-2-3-5-8;1-2(4)3(5)6;/h3-12,15-16,19-21,23-25H,2,13-14,17-18H2,1H3,(H,26,27);6-15,17,19-25H,3-5,16,18H2,1-2H3;6H,1-5,8H2,(H,9,10);2,4H,1H3,(H,5,6);/q;;2*-1;+2/p-2/b6-4-,7-5+,9-3-,12-8-,15-10+,16-11+;10-8-,11-9+,12-6-,14-7-,17-13+,19-15+;;;/t19-,20-,21+;20-,21+,22-;6-;2-;/m1100./s1. The molecule has 0 saturated carbocycles. The Hall–Kier alpha value is -4.26. The average Bonchev–Trinajstić information content (AvgIpc) is 3.29. The predicted octanol–water partition coefficient (Wildman–Crippen LogP) is 3.92. The van der Waals surface area contributed by atoms with Crippen LogP contribution in [0, 0.1) is 12.8 Å². The Bertz CT molecular complexity index is 1590. The summed E-state index contributed by atoms with van der Waals surface area (Å²) in [7, 11) is 0. The van der Waals surface area contributed by atoms with Crippen molar-refractivity contribution in [1.82, 2.24) is 0 Å². The minimum atomic E-state index is -1.32. The van der Waals surface area contributed by atoms with Gasteiger partial charge in [0.25, 0.3) is 0 Å². The third-order valence-electron chi connectivity index (χ3n) is 8.54. The maximum atomic E-state index is 10.2. The number of hydrogen-bond donors (Lipinski definition) is 7. The topological polar surface area (TPSA) is 293 Å². The van der Waals surface area contributed by atoms with Crippen molar-refractivity contribution in [2.45, 2.75) is 154 Å². The van der Waals surface area contributed by atoms with Crippen LogP contribution in [-0.2, 0) is 14.4 Å². The summed E-state index contributed by atoms with van der Waals surface area (Å²) in [4.78, 5) is 29.7. The molecule has 69 heavy (non-hydrogen) atoms. The van der Waals surface area contributed by atoms with Crippen molar-refractivity contribution in [3.8, 4) is 0 Å². The number of unbranched alkanes of at least 4 members (excludes halogenated alkanes) is 2. The van der Waals surface area contributed by atoms with Crippen molar-refractivity contribution < 1.29 is 66.1 Å². The van der Waals surface area contributed by atoms with Crippen molar-refractivity contribution in [3.63, 3.8) is 0 Å². The molecule has 0 heterocycles. The molecule has 15 heteroatoms. The number of aliphatic carboxylic acids is 3. The van der Waals surface area contributed by atoms with E-state index in [2.05, 4.69) is 26.5 Å². The molecule has 0 spiro atoms. The second kappa shape index (κ2) is 56.3. The van der Waals surface area contributed by atoms with Gasteiger partial charge in [-0.3, -0.25) is 0 Å². The summed E-state index contributed by atoms with van der Waals surface area (Å²) < 4.78 is 0. The fourth-order valence-corrected chi connectivity index (χ4v) is 4.51. The van der Waals surface area contributed by atoms with Gasteiger partial charge in [0.2, 0.25) is 0 Å². The van der Waals surface area contributed by atoms with Crippen LogP contribution in [-0.4, -0.2) is 121 Å². The van der Waals surface area contributed by atoms with Crippen molar-refractivity contribution in [1.29, 1.82) is 0 Å². The van der Waals surface area contributed by atoms with Crippen LogP contribution >= 0.6 is 0 Å². The molecule has 0 amide bonds. The van der Waals surface area contributed by atoms with E-state index in [1.807, 2.05) is 61.6 Å². The van der Waals surface area contributed by atoms with Crippen LogP contribution in [0.3, 0.4) is 0 Å². The number of carboxylic acid groups (broad SMARTS) is 3. The second-order valence-electron chi connectivity index (χ2n) is 15.1. The smallest absolute Gasteiger partial charge is 0.670 e. The summed E-state index contributed by atoms with van der Waals surface area (Å²) in [5.74, 6) is -4.04. The Kier molecular flexibility index (Phi) is 60.2. The molecule has 10 N–H and O–H groups in total. The monoisotopic (exact) mass is 977 g/mol. The minimum Gasteiger partial charge on any atom is -0.670 e. The van der Waals surface area contributed by atoms with E-state index >= 15 is 0 Å². The maximum absolute atomic E-state index is 10.2. The largest absolute Gasteiger partial charge is 2.00 e. The van der Waals surface area contributed by atoms with Crippen LogP contribution in [0.25, 0.3) is 5.73 Å². The summed E-state index contributed by atoms with van der Waals surface area (Å²) in [6.45, 7) is 11.7. The number of quaternary nitrogens is 1. The Labute approximate surface area is 429 Å². The number of allylic oxidation sites excluding steroid dienone is 16. The molecule has 8 atom stereocenters. The van der Waals surface area contributed by atoms with E-state index in [0.29, 0.717) is 32.1 Å². The van der Waals surface area contributed by atoms with E-state index in [0.717, 1.165) is 45.1 Å². The Morgan fingerprint density at radius 3 is 1.25 bits per heavy atom. The first-order valence-corrected chi connectivity index (χ1v) is 23.4. The number of carbonyl (C=O) groups excluding carboxylic acids is 3. The molecule has 0 aliphatic rings. The number of nitrogens with one attached hydrogen (secondary N) is 1. The van der Waals surface area contributed by atoms with Crippen molar-refractivity contribution in [2.24, 2.45) is 5.92 Å². The van der Waals surface area contributed by atoms with E-state index < -0.39 is 66.5 Å². The number of carboxylic acids is 3. The molecule has 0 aromatic carbocycles. The molecule has 0 fully saturated rings. The number of aliphatic hydroxyl groups excluding tert-OH is 6. The van der Waals surface area contributed by atoms with Gasteiger partial charge in [-0.2, -0.15) is 0 Å². The molecule has 0 aliphatic carbocycles. The van der Waals surface area contributed by atoms with E-state index in [-0.39, 0.29) is 35.9 Å². The SMILES string of the molecule is CC/C=C\C[C@@H](O)/C=C/C=C\C=C\C=C\[C@@H](O)[C@@H](O)C/C=C\CCC.CC/C=C\C[C@@H](O)/C=C/C=C\C=C\C=C\[C@@H](O)[C@@H](O)C/C=C\CCC(=O)[O-].C[C@H]([NH-])C(=O)[O-].[CH2-][C@@H](CCCC[NH3+])C(=O)[O-].[Mg+2]. The van der Waals surface area contributed by atoms with Crippen molar-refractivity contribution >= 4 is 41.0 Å². The van der Waals surface area contributed by atoms with Crippen LogP contribution in [0.15, 0.2) is 146 Å². The summed E-state index contributed by atoms with van der Waals surface area (Å²) in [6.07, 6.45) is 47.1. The van der Waals surface area contributed by atoms with Gasteiger partial charge in [-0.1, -0.05) is 186 Å². The van der Waals surface area contributed by atoms with Gasteiger partial charge in [-0.15, -0.1) is 12.0 Å². The van der Waals surface area contributed by atoms with Gasteiger partial charge < -0.3 is 78.7 Å². The zero-order chi connectivity index (χ0) is 52.2. The van der Waals surface area contributed by atoms with E-state index in [1.54, 1.807) is 85.1 Å². The second-order valence-corrected chi connectivity index (χ2v) is 15.1. The molecule has 0 unspecified atom stereocenters. The molecule has 14 nitrogen and oxygen atoms in total. The summed E-state index contributed by atoms with van der Waals surface area (Å²) in [6, 6.07) is -1.09. The van der Waals surface area contributed by atoms with Crippen LogP contribution in [0.4, 0.5) is 0 Å². The van der Waals surface area contributed by atoms with Crippen LogP contribution in [0.5, 0.6) is 0 Å². The van der Waals surface area contributed by atoms with Crippen LogP contribution in [0.1, 0.15) is 111 Å². The van der Waals surface area contributed by atoms with Crippen molar-refractivity contribution in [3.05, 3.63) is 158 Å². The summed E-state index contributed by atoms with van der Waals surface area (Å²) in [5, 5.41) is 88.2. The van der Waals surface area contributed by atoms with E-state index in [4.69, 9.17) is 5.73 Å². The molecule has 0 bridgehead atoms. The van der Waals surface area contributed by atoms with Crippen LogP contribution < -0.4 is 21.1 Å². The number of rotatable bonds is 33. The fraction of sp³-hybridized carbons (Fsp3) is 0.481. The average molecular weight is 978 g/mol. The van der Waals surface area contributed by atoms with Gasteiger partial charge in [0.15, 0.2) is 0 Å². The molecule has 0 radical (unpaired) electrons. The first-order chi connectivity index (χ1) is 32.4. The van der Waals surface area contributed by atoms with Gasteiger partial charge in [0, 0.05) is 17.9 Å². The van der Waals surface area contributed by atoms with Gasteiger partial charge in [0.05, 0.1) is 43.2 Å². The molecular formula is C54H84MgN2O12-2. The Morgan fingerprint density at radius 2 is 0.913 bits per heavy atom. The minimum absolute atomic E-state index is 0. The van der Waals surface area contributed by atoms with Crippen LogP contribution in [0.2, 0.25) is 0 Å². The number of hydrogen-bond acceptors (Lipinski definition) is 12. The zero-order valence-corrected chi connectivity index (χ0v) is 43.0. The van der Waals surface area contributed by atoms with Crippen molar-refractivity contribution in [2.75, 3.05) is 6.54 Å². The van der Waals surface area contributed by atoms with E-state index in [1.165, 1.54) is 13.0 Å². The molecular weight excluding hydrogens is 893 g/mol. The Balaban J connectivity index is -0.000000298. The fourth-order valence-electron chi connectivity index (χ4n) is 4.51. The summed E-state index contributed by atoms with van der Waals surface area (Å²) in [5.41, 5.74) is 10.0.